The van der Waals surface area contributed by atoms with E-state index in [1.54, 1.807) is 6.07 Å². The Morgan fingerprint density at radius 2 is 1.86 bits per heavy atom. The lowest BCUT2D eigenvalue weighted by atomic mass is 9.98. The number of rotatable bonds is 6. The van der Waals surface area contributed by atoms with Crippen molar-refractivity contribution in [3.05, 3.63) is 65.2 Å². The molecule has 0 heterocycles. The molecule has 0 saturated heterocycles. The highest BCUT2D eigenvalue weighted by molar-refractivity contribution is 5.95. The lowest BCUT2D eigenvalue weighted by Crippen LogP contribution is -2.14. The average Bonchev–Trinajstić information content (AvgIpc) is 2.49. The predicted octanol–water partition coefficient (Wildman–Crippen LogP) is 3.70. The fourth-order valence-corrected chi connectivity index (χ4v) is 2.47. The van der Waals surface area contributed by atoms with Gasteiger partial charge in [0.25, 0.3) is 0 Å². The third kappa shape index (κ3) is 3.85. The van der Waals surface area contributed by atoms with Gasteiger partial charge in [0.15, 0.2) is 0 Å². The van der Waals surface area contributed by atoms with Gasteiger partial charge in [0.2, 0.25) is 5.91 Å². The van der Waals surface area contributed by atoms with Crippen LogP contribution in [0.2, 0.25) is 0 Å². The third-order valence-corrected chi connectivity index (χ3v) is 3.86. The molecule has 3 nitrogen and oxygen atoms in total. The molecular weight excluding hydrogens is 260 g/mol. The van der Waals surface area contributed by atoms with E-state index in [0.29, 0.717) is 11.5 Å². The van der Waals surface area contributed by atoms with Crippen molar-refractivity contribution in [2.75, 3.05) is 11.9 Å². The highest BCUT2D eigenvalue weighted by Crippen LogP contribution is 2.21. The van der Waals surface area contributed by atoms with Gasteiger partial charge in [-0.3, -0.25) is 4.79 Å². The van der Waals surface area contributed by atoms with E-state index in [1.807, 2.05) is 25.1 Å². The van der Waals surface area contributed by atoms with Crippen molar-refractivity contribution in [3.8, 4) is 0 Å². The molecule has 0 aliphatic rings. The van der Waals surface area contributed by atoms with E-state index in [1.165, 1.54) is 5.56 Å². The second kappa shape index (κ2) is 6.93. The van der Waals surface area contributed by atoms with Gasteiger partial charge in [0.05, 0.1) is 0 Å². The van der Waals surface area contributed by atoms with Crippen molar-refractivity contribution < 1.29 is 4.79 Å². The maximum atomic E-state index is 11.3. The predicted molar refractivity (Wildman–Crippen MR) is 87.7 cm³/mol. The number of benzene rings is 2. The van der Waals surface area contributed by atoms with E-state index in [4.69, 9.17) is 5.73 Å². The second-order valence-corrected chi connectivity index (χ2v) is 5.37. The number of primary amides is 1. The van der Waals surface area contributed by atoms with E-state index in [-0.39, 0.29) is 5.91 Å². The summed E-state index contributed by atoms with van der Waals surface area (Å²) in [6, 6.07) is 16.1. The molecule has 1 unspecified atom stereocenters. The number of amides is 1. The molecular formula is C18H22N2O. The smallest absolute Gasteiger partial charge is 0.249 e. The zero-order valence-electron chi connectivity index (χ0n) is 12.6. The molecule has 2 rings (SSSR count). The number of anilines is 1. The number of nitrogens with two attached hydrogens (primary N) is 1. The average molecular weight is 282 g/mol. The first kappa shape index (κ1) is 15.1. The number of carbonyl (C=O) groups is 1. The normalized spacial score (nSPS) is 11.9. The van der Waals surface area contributed by atoms with Gasteiger partial charge in [-0.25, -0.2) is 0 Å². The molecule has 3 N–H and O–H groups in total. The first-order valence-electron chi connectivity index (χ1n) is 7.28. The Bertz CT molecular complexity index is 608. The Labute approximate surface area is 126 Å². The molecule has 1 amide bonds. The Balaban J connectivity index is 1.95. The van der Waals surface area contributed by atoms with Crippen LogP contribution in [0.3, 0.4) is 0 Å². The topological polar surface area (TPSA) is 55.1 Å². The molecule has 0 aromatic heterocycles. The van der Waals surface area contributed by atoms with Crippen molar-refractivity contribution >= 4 is 11.6 Å². The fraction of sp³-hybridized carbons (Fsp3) is 0.278. The van der Waals surface area contributed by atoms with E-state index in [2.05, 4.69) is 36.5 Å². The van der Waals surface area contributed by atoms with Crippen LogP contribution in [0.5, 0.6) is 0 Å². The first-order chi connectivity index (χ1) is 10.1. The van der Waals surface area contributed by atoms with E-state index >= 15 is 0 Å². The monoisotopic (exact) mass is 282 g/mol. The van der Waals surface area contributed by atoms with Crippen LogP contribution in [0.1, 0.15) is 40.7 Å². The van der Waals surface area contributed by atoms with E-state index in [0.717, 1.165) is 24.2 Å². The standard InChI is InChI=1S/C18H22N2O/c1-13(15-7-4-3-5-8-15)11-12-20-17-10-6-9-16(14(17)2)18(19)21/h3-10,13,20H,11-12H2,1-2H3,(H2,19,21). The molecule has 1 atom stereocenters. The molecule has 0 saturated carbocycles. The number of nitrogens with one attached hydrogen (secondary N) is 1. The minimum atomic E-state index is -0.381. The molecule has 0 fully saturated rings. The molecule has 110 valence electrons. The van der Waals surface area contributed by atoms with Crippen LogP contribution in [0.15, 0.2) is 48.5 Å². The SMILES string of the molecule is Cc1c(NCCC(C)c2ccccc2)cccc1C(N)=O. The van der Waals surface area contributed by atoms with Crippen molar-refractivity contribution in [3.63, 3.8) is 0 Å². The zero-order valence-corrected chi connectivity index (χ0v) is 12.6. The van der Waals surface area contributed by atoms with Crippen LogP contribution in [0, 0.1) is 6.92 Å². The van der Waals surface area contributed by atoms with E-state index < -0.39 is 0 Å². The largest absolute Gasteiger partial charge is 0.385 e. The summed E-state index contributed by atoms with van der Waals surface area (Å²) in [6.07, 6.45) is 1.03. The molecule has 2 aromatic carbocycles. The van der Waals surface area contributed by atoms with Gasteiger partial charge in [-0.15, -0.1) is 0 Å². The molecule has 0 bridgehead atoms. The molecule has 0 aliphatic heterocycles. The summed E-state index contributed by atoms with van der Waals surface area (Å²) in [5, 5.41) is 3.40. The molecule has 0 spiro atoms. The summed E-state index contributed by atoms with van der Waals surface area (Å²) in [4.78, 5) is 11.3. The van der Waals surface area contributed by atoms with Gasteiger partial charge in [-0.2, -0.15) is 0 Å². The van der Waals surface area contributed by atoms with Crippen LogP contribution in [0.4, 0.5) is 5.69 Å². The van der Waals surface area contributed by atoms with Crippen molar-refractivity contribution in [2.24, 2.45) is 5.73 Å². The van der Waals surface area contributed by atoms with Gasteiger partial charge < -0.3 is 11.1 Å². The lowest BCUT2D eigenvalue weighted by molar-refractivity contribution is 0.1000. The Kier molecular flexibility index (Phi) is 4.99. The molecule has 0 radical (unpaired) electrons. The van der Waals surface area contributed by atoms with Gasteiger partial charge >= 0.3 is 0 Å². The highest BCUT2D eigenvalue weighted by atomic mass is 16.1. The minimum absolute atomic E-state index is 0.381. The Hall–Kier alpha value is -2.29. The van der Waals surface area contributed by atoms with Crippen LogP contribution in [-0.4, -0.2) is 12.5 Å². The summed E-state index contributed by atoms with van der Waals surface area (Å²) in [5.41, 5.74) is 9.19. The van der Waals surface area contributed by atoms with Gasteiger partial charge in [-0.1, -0.05) is 43.3 Å². The summed E-state index contributed by atoms with van der Waals surface area (Å²) in [6.45, 7) is 5.01. The summed E-state index contributed by atoms with van der Waals surface area (Å²) >= 11 is 0. The molecule has 0 aliphatic carbocycles. The maximum Gasteiger partial charge on any atom is 0.249 e. The maximum absolute atomic E-state index is 11.3. The van der Waals surface area contributed by atoms with Gasteiger partial charge in [0, 0.05) is 17.8 Å². The second-order valence-electron chi connectivity index (χ2n) is 5.37. The van der Waals surface area contributed by atoms with Crippen molar-refractivity contribution in [1.29, 1.82) is 0 Å². The fourth-order valence-electron chi connectivity index (χ4n) is 2.47. The quantitative estimate of drug-likeness (QED) is 0.848. The molecule has 21 heavy (non-hydrogen) atoms. The highest BCUT2D eigenvalue weighted by Gasteiger charge is 2.09. The van der Waals surface area contributed by atoms with Crippen LogP contribution in [-0.2, 0) is 0 Å². The zero-order chi connectivity index (χ0) is 15.2. The first-order valence-corrected chi connectivity index (χ1v) is 7.28. The van der Waals surface area contributed by atoms with Gasteiger partial charge in [0.1, 0.15) is 0 Å². The summed E-state index contributed by atoms with van der Waals surface area (Å²) < 4.78 is 0. The van der Waals surface area contributed by atoms with Gasteiger partial charge in [-0.05, 0) is 42.5 Å². The lowest BCUT2D eigenvalue weighted by Gasteiger charge is -2.15. The number of hydrogen-bond acceptors (Lipinski definition) is 2. The number of hydrogen-bond donors (Lipinski definition) is 2. The minimum Gasteiger partial charge on any atom is -0.385 e. The molecule has 2 aromatic rings. The summed E-state index contributed by atoms with van der Waals surface area (Å²) in [7, 11) is 0. The van der Waals surface area contributed by atoms with E-state index in [9.17, 15) is 4.79 Å². The van der Waals surface area contributed by atoms with Crippen LogP contribution < -0.4 is 11.1 Å². The molecule has 3 heteroatoms. The van der Waals surface area contributed by atoms with Crippen LogP contribution in [0.25, 0.3) is 0 Å². The Morgan fingerprint density at radius 1 is 1.14 bits per heavy atom. The van der Waals surface area contributed by atoms with Crippen molar-refractivity contribution in [2.45, 2.75) is 26.2 Å². The Morgan fingerprint density at radius 3 is 2.52 bits per heavy atom. The number of carbonyl (C=O) groups excluding carboxylic acids is 1. The summed E-state index contributed by atoms with van der Waals surface area (Å²) in [5.74, 6) is 0.118. The van der Waals surface area contributed by atoms with Crippen LogP contribution >= 0.6 is 0 Å². The third-order valence-electron chi connectivity index (χ3n) is 3.86. The van der Waals surface area contributed by atoms with Crippen molar-refractivity contribution in [1.82, 2.24) is 0 Å².